The predicted octanol–water partition coefficient (Wildman–Crippen LogP) is 2.61. The van der Waals surface area contributed by atoms with Gasteiger partial charge in [-0.05, 0) is 30.2 Å². The van der Waals surface area contributed by atoms with Gasteiger partial charge in [0, 0.05) is 56.3 Å². The minimum Gasteiger partial charge on any atom is -0.353 e. The van der Waals surface area contributed by atoms with Crippen LogP contribution >= 0.6 is 11.6 Å². The van der Waals surface area contributed by atoms with Crippen LogP contribution in [0.25, 0.3) is 11.1 Å². The smallest absolute Gasteiger partial charge is 0.254 e. The predicted molar refractivity (Wildman–Crippen MR) is 140 cm³/mol. The van der Waals surface area contributed by atoms with Gasteiger partial charge < -0.3 is 20.4 Å². The zero-order valence-corrected chi connectivity index (χ0v) is 21.2. The van der Waals surface area contributed by atoms with Gasteiger partial charge in [0.2, 0.25) is 5.91 Å². The van der Waals surface area contributed by atoms with E-state index in [9.17, 15) is 14.4 Å². The van der Waals surface area contributed by atoms with Crippen LogP contribution in [-0.2, 0) is 23.2 Å². The fourth-order valence-electron chi connectivity index (χ4n) is 4.89. The third-order valence-corrected chi connectivity index (χ3v) is 7.10. The first-order valence-corrected chi connectivity index (χ1v) is 12.1. The second kappa shape index (κ2) is 9.36. The standard InChI is InChI=1S/C26H26ClN7O3/c1-4-20(35)28-11-16-5-7-17(8-6-16)24(36)34-10-9-26(15-34)25(37)33(3)22-21(18-12-30-32(2)14-18)19(27)13-29-23(22)31-26/h4-8,12-14H,1,9-11,15H2,2-3H3,(H,28,35)(H,29,31). The van der Waals surface area contributed by atoms with Crippen LogP contribution in [0.4, 0.5) is 11.5 Å². The molecule has 37 heavy (non-hydrogen) atoms. The van der Waals surface area contributed by atoms with Gasteiger partial charge >= 0.3 is 0 Å². The van der Waals surface area contributed by atoms with Crippen molar-refractivity contribution in [1.82, 2.24) is 25.0 Å². The summed E-state index contributed by atoms with van der Waals surface area (Å²) in [5.74, 6) is -0.0480. The first-order chi connectivity index (χ1) is 17.7. The molecule has 3 amide bonds. The van der Waals surface area contributed by atoms with Gasteiger partial charge in [-0.2, -0.15) is 5.10 Å². The number of benzene rings is 1. The molecule has 0 aliphatic carbocycles. The Bertz CT molecular complexity index is 1420. The first-order valence-electron chi connectivity index (χ1n) is 11.7. The molecule has 2 aliphatic heterocycles. The second-order valence-electron chi connectivity index (χ2n) is 9.25. The molecule has 1 aromatic carbocycles. The third-order valence-electron chi connectivity index (χ3n) is 6.82. The Morgan fingerprint density at radius 2 is 2.00 bits per heavy atom. The Labute approximate surface area is 218 Å². The lowest BCUT2D eigenvalue weighted by Gasteiger charge is -2.40. The van der Waals surface area contributed by atoms with Crippen LogP contribution in [0.2, 0.25) is 5.02 Å². The lowest BCUT2D eigenvalue weighted by molar-refractivity contribution is -0.122. The highest BCUT2D eigenvalue weighted by Gasteiger charge is 2.51. The Kier molecular flexibility index (Phi) is 6.20. The van der Waals surface area contributed by atoms with Crippen LogP contribution in [0.15, 0.2) is 55.5 Å². The van der Waals surface area contributed by atoms with Crippen molar-refractivity contribution in [2.75, 3.05) is 30.4 Å². The number of aryl methyl sites for hydroxylation is 1. The molecule has 0 saturated carbocycles. The zero-order valence-electron chi connectivity index (χ0n) is 20.5. The molecule has 0 radical (unpaired) electrons. The molecule has 0 bridgehead atoms. The van der Waals surface area contributed by atoms with E-state index in [2.05, 4.69) is 27.3 Å². The van der Waals surface area contributed by atoms with Crippen LogP contribution in [0, 0.1) is 0 Å². The van der Waals surface area contributed by atoms with Crippen molar-refractivity contribution in [1.29, 1.82) is 0 Å². The maximum atomic E-state index is 13.7. The second-order valence-corrected chi connectivity index (χ2v) is 9.66. The molecule has 5 rings (SSSR count). The van der Waals surface area contributed by atoms with Crippen molar-refractivity contribution in [3.63, 3.8) is 0 Å². The number of aromatic nitrogens is 3. The van der Waals surface area contributed by atoms with Gasteiger partial charge in [-0.1, -0.05) is 30.3 Å². The van der Waals surface area contributed by atoms with Crippen molar-refractivity contribution >= 4 is 40.8 Å². The van der Waals surface area contributed by atoms with E-state index in [1.807, 2.05) is 13.2 Å². The summed E-state index contributed by atoms with van der Waals surface area (Å²) in [4.78, 5) is 46.1. The summed E-state index contributed by atoms with van der Waals surface area (Å²) in [6.45, 7) is 4.39. The lowest BCUT2D eigenvalue weighted by atomic mass is 9.92. The maximum Gasteiger partial charge on any atom is 0.254 e. The van der Waals surface area contributed by atoms with Gasteiger partial charge in [0.1, 0.15) is 5.54 Å². The van der Waals surface area contributed by atoms with Gasteiger partial charge in [-0.15, -0.1) is 0 Å². The van der Waals surface area contributed by atoms with Crippen molar-refractivity contribution < 1.29 is 14.4 Å². The van der Waals surface area contributed by atoms with Gasteiger partial charge in [0.15, 0.2) is 5.82 Å². The highest BCUT2D eigenvalue weighted by atomic mass is 35.5. The molecule has 1 spiro atoms. The Morgan fingerprint density at radius 1 is 1.24 bits per heavy atom. The summed E-state index contributed by atoms with van der Waals surface area (Å²) >= 11 is 6.51. The summed E-state index contributed by atoms with van der Waals surface area (Å²) in [5.41, 5.74) is 2.42. The quantitative estimate of drug-likeness (QED) is 0.501. The van der Waals surface area contributed by atoms with E-state index in [0.29, 0.717) is 47.2 Å². The number of halogens is 1. The Hall–Kier alpha value is -4.18. The number of carbonyl (C=O) groups is 3. The minimum atomic E-state index is -0.987. The lowest BCUT2D eigenvalue weighted by Crippen LogP contribution is -2.58. The van der Waals surface area contributed by atoms with Gasteiger partial charge in [0.25, 0.3) is 11.8 Å². The van der Waals surface area contributed by atoms with Crippen molar-refractivity contribution in [3.8, 4) is 11.1 Å². The summed E-state index contributed by atoms with van der Waals surface area (Å²) in [7, 11) is 3.52. The number of likely N-dealkylation sites (tertiary alicyclic amines) is 1. The van der Waals surface area contributed by atoms with Crippen LogP contribution in [0.3, 0.4) is 0 Å². The molecule has 1 unspecified atom stereocenters. The van der Waals surface area contributed by atoms with E-state index < -0.39 is 5.54 Å². The maximum absolute atomic E-state index is 13.7. The Morgan fingerprint density at radius 3 is 2.68 bits per heavy atom. The van der Waals surface area contributed by atoms with Crippen LogP contribution in [0.5, 0.6) is 0 Å². The van der Waals surface area contributed by atoms with Gasteiger partial charge in [-0.3, -0.25) is 19.1 Å². The molecule has 10 nitrogen and oxygen atoms in total. The monoisotopic (exact) mass is 519 g/mol. The summed E-state index contributed by atoms with van der Waals surface area (Å²) < 4.78 is 1.67. The molecule has 3 aromatic rings. The fraction of sp³-hybridized carbons (Fsp3) is 0.269. The van der Waals surface area contributed by atoms with Crippen LogP contribution in [0.1, 0.15) is 22.3 Å². The average molecular weight is 520 g/mol. The van der Waals surface area contributed by atoms with Gasteiger partial charge in [0.05, 0.1) is 23.5 Å². The third kappa shape index (κ3) is 4.33. The Balaban J connectivity index is 1.37. The normalized spacial score (nSPS) is 18.5. The first kappa shape index (κ1) is 24.5. The van der Waals surface area contributed by atoms with E-state index in [-0.39, 0.29) is 24.3 Å². The number of anilines is 2. The summed E-state index contributed by atoms with van der Waals surface area (Å²) in [6.07, 6.45) is 6.74. The number of carbonyl (C=O) groups excluding carboxylic acids is 3. The molecule has 1 saturated heterocycles. The highest BCUT2D eigenvalue weighted by molar-refractivity contribution is 6.34. The molecule has 2 N–H and O–H groups in total. The molecule has 1 atom stereocenters. The molecular weight excluding hydrogens is 494 g/mol. The number of pyridine rings is 1. The van der Waals surface area contributed by atoms with Crippen molar-refractivity contribution in [3.05, 3.63) is 71.7 Å². The molecule has 2 aromatic heterocycles. The molecule has 2 aliphatic rings. The van der Waals surface area contributed by atoms with E-state index in [0.717, 1.165) is 11.1 Å². The highest BCUT2D eigenvalue weighted by Crippen LogP contribution is 2.46. The zero-order chi connectivity index (χ0) is 26.3. The largest absolute Gasteiger partial charge is 0.353 e. The molecular formula is C26H26ClN7O3. The number of hydrogen-bond donors (Lipinski definition) is 2. The number of hydrogen-bond acceptors (Lipinski definition) is 6. The van der Waals surface area contributed by atoms with E-state index in [1.165, 1.54) is 6.08 Å². The SMILES string of the molecule is C=CC(=O)NCc1ccc(C(=O)N2CCC3(C2)Nc2ncc(Cl)c(-c4cnn(C)c4)c2N(C)C3=O)cc1. The number of amides is 3. The van der Waals surface area contributed by atoms with Crippen molar-refractivity contribution in [2.24, 2.45) is 7.05 Å². The fourth-order valence-corrected chi connectivity index (χ4v) is 5.14. The van der Waals surface area contributed by atoms with Crippen LogP contribution < -0.4 is 15.5 Å². The number of fused-ring (bicyclic) bond motifs is 1. The summed E-state index contributed by atoms with van der Waals surface area (Å²) in [6, 6.07) is 7.04. The van der Waals surface area contributed by atoms with Crippen LogP contribution in [-0.4, -0.2) is 63.1 Å². The molecule has 1 fully saturated rings. The number of rotatable bonds is 5. The molecule has 190 valence electrons. The molecule has 4 heterocycles. The minimum absolute atomic E-state index is 0.155. The number of nitrogens with one attached hydrogen (secondary N) is 2. The summed E-state index contributed by atoms with van der Waals surface area (Å²) in [5, 5.41) is 10.7. The van der Waals surface area contributed by atoms with E-state index >= 15 is 0 Å². The van der Waals surface area contributed by atoms with E-state index in [1.54, 1.807) is 58.2 Å². The number of nitrogens with zero attached hydrogens (tertiary/aromatic N) is 5. The van der Waals surface area contributed by atoms with Crippen molar-refractivity contribution in [2.45, 2.75) is 18.5 Å². The number of likely N-dealkylation sites (N-methyl/N-ethyl adjacent to an activating group) is 1. The van der Waals surface area contributed by atoms with Gasteiger partial charge in [-0.25, -0.2) is 4.98 Å². The average Bonchev–Trinajstić information content (AvgIpc) is 3.53. The topological polar surface area (TPSA) is 112 Å². The van der Waals surface area contributed by atoms with E-state index in [4.69, 9.17) is 11.6 Å². The molecule has 11 heteroatoms.